The minimum Gasteiger partial charge on any atom is -0.360 e. The number of aromatic nitrogens is 1. The van der Waals surface area contributed by atoms with Crippen molar-refractivity contribution in [2.45, 2.75) is 25.6 Å². The quantitative estimate of drug-likeness (QED) is 0.638. The largest absolute Gasteiger partial charge is 0.360 e. The van der Waals surface area contributed by atoms with Gasteiger partial charge in [0.25, 0.3) is 0 Å². The predicted molar refractivity (Wildman–Crippen MR) is 117 cm³/mol. The number of benzene rings is 2. The number of nitrogens with one attached hydrogen (secondary N) is 1. The smallest absolute Gasteiger partial charge is 0.237 e. The Labute approximate surface area is 181 Å². The zero-order valence-electron chi connectivity index (χ0n) is 17.5. The van der Waals surface area contributed by atoms with Crippen LogP contribution in [0.3, 0.4) is 0 Å². The van der Waals surface area contributed by atoms with Crippen molar-refractivity contribution in [1.29, 1.82) is 0 Å². The van der Waals surface area contributed by atoms with Gasteiger partial charge in [-0.15, -0.1) is 0 Å². The van der Waals surface area contributed by atoms with Crippen LogP contribution in [0.2, 0.25) is 0 Å². The first-order valence-corrected chi connectivity index (χ1v) is 10.4. The molecule has 2 heterocycles. The highest BCUT2D eigenvalue weighted by Crippen LogP contribution is 2.21. The van der Waals surface area contributed by atoms with Gasteiger partial charge in [-0.05, 0) is 16.7 Å². The molecule has 1 saturated heterocycles. The normalized spacial score (nSPS) is 16.7. The number of carbonyl (C=O) groups excluding carboxylic acids is 2. The summed E-state index contributed by atoms with van der Waals surface area (Å²) in [5.74, 6) is 0.399. The fraction of sp³-hybridized carbons (Fsp3) is 0.292. The van der Waals surface area contributed by atoms with Crippen LogP contribution >= 0.6 is 0 Å². The second kappa shape index (κ2) is 9.57. The molecule has 0 bridgehead atoms. The van der Waals surface area contributed by atoms with E-state index in [1.54, 1.807) is 24.2 Å². The lowest BCUT2D eigenvalue weighted by molar-refractivity contribution is -0.138. The molecule has 1 aliphatic rings. The molecule has 0 aliphatic carbocycles. The predicted octanol–water partition coefficient (Wildman–Crippen LogP) is 2.69. The highest BCUT2D eigenvalue weighted by atomic mass is 16.5. The van der Waals surface area contributed by atoms with Crippen LogP contribution in [0.25, 0.3) is 11.1 Å². The molecule has 1 N–H and O–H groups in total. The van der Waals surface area contributed by atoms with Crippen molar-refractivity contribution in [3.8, 4) is 11.1 Å². The number of rotatable bonds is 7. The minimum absolute atomic E-state index is 0.103. The molecule has 160 valence electrons. The number of piperazine rings is 1. The SMILES string of the molecule is CN(Cc1ccno1)C(=O)CC1C(=O)NCCN1Cc1ccc(-c2ccccc2)cc1. The maximum absolute atomic E-state index is 12.7. The van der Waals surface area contributed by atoms with Crippen LogP contribution in [0.5, 0.6) is 0 Å². The van der Waals surface area contributed by atoms with Crippen LogP contribution in [0, 0.1) is 0 Å². The lowest BCUT2D eigenvalue weighted by Gasteiger charge is -2.35. The van der Waals surface area contributed by atoms with Crippen LogP contribution in [-0.4, -0.2) is 52.9 Å². The fourth-order valence-electron chi connectivity index (χ4n) is 3.81. The minimum atomic E-state index is -0.493. The third-order valence-corrected chi connectivity index (χ3v) is 5.57. The van der Waals surface area contributed by atoms with E-state index in [-0.39, 0.29) is 18.2 Å². The molecular formula is C24H26N4O3. The third-order valence-electron chi connectivity index (χ3n) is 5.57. The summed E-state index contributed by atoms with van der Waals surface area (Å²) in [4.78, 5) is 28.9. The zero-order valence-corrected chi connectivity index (χ0v) is 17.5. The molecule has 0 saturated carbocycles. The van der Waals surface area contributed by atoms with E-state index in [0.29, 0.717) is 31.9 Å². The van der Waals surface area contributed by atoms with Gasteiger partial charge in [-0.1, -0.05) is 59.8 Å². The van der Waals surface area contributed by atoms with Gasteiger partial charge >= 0.3 is 0 Å². The molecule has 1 atom stereocenters. The summed E-state index contributed by atoms with van der Waals surface area (Å²) in [5.41, 5.74) is 3.44. The van der Waals surface area contributed by atoms with Gasteiger partial charge in [-0.2, -0.15) is 0 Å². The second-order valence-corrected chi connectivity index (χ2v) is 7.77. The van der Waals surface area contributed by atoms with Crippen LogP contribution in [0.1, 0.15) is 17.7 Å². The first kappa shape index (κ1) is 20.8. The second-order valence-electron chi connectivity index (χ2n) is 7.77. The molecule has 1 fully saturated rings. The van der Waals surface area contributed by atoms with E-state index >= 15 is 0 Å². The molecule has 31 heavy (non-hydrogen) atoms. The van der Waals surface area contributed by atoms with Gasteiger partial charge in [-0.3, -0.25) is 14.5 Å². The summed E-state index contributed by atoms with van der Waals surface area (Å²) in [6, 6.07) is 19.8. The Morgan fingerprint density at radius 1 is 1.13 bits per heavy atom. The van der Waals surface area contributed by atoms with E-state index in [9.17, 15) is 9.59 Å². The Hall–Kier alpha value is -3.45. The van der Waals surface area contributed by atoms with Crippen LogP contribution in [0.4, 0.5) is 0 Å². The van der Waals surface area contributed by atoms with Crippen LogP contribution < -0.4 is 5.32 Å². The Bertz CT molecular complexity index is 1000. The zero-order chi connectivity index (χ0) is 21.6. The molecule has 1 aliphatic heterocycles. The monoisotopic (exact) mass is 418 g/mol. The number of hydrogen-bond donors (Lipinski definition) is 1. The van der Waals surface area contributed by atoms with Crippen molar-refractivity contribution in [2.24, 2.45) is 0 Å². The van der Waals surface area contributed by atoms with Crippen molar-refractivity contribution in [3.63, 3.8) is 0 Å². The topological polar surface area (TPSA) is 78.7 Å². The van der Waals surface area contributed by atoms with Gasteiger partial charge in [-0.25, -0.2) is 0 Å². The van der Waals surface area contributed by atoms with E-state index in [2.05, 4.69) is 51.8 Å². The molecular weight excluding hydrogens is 392 g/mol. The summed E-state index contributed by atoms with van der Waals surface area (Å²) in [6.07, 6.45) is 1.67. The first-order valence-electron chi connectivity index (χ1n) is 10.4. The maximum Gasteiger partial charge on any atom is 0.237 e. The standard InChI is InChI=1S/C24H26N4O3/c1-27(17-21-11-12-26-31-21)23(29)15-22-24(30)25-13-14-28(22)16-18-7-9-20(10-8-18)19-5-3-2-4-6-19/h2-12,22H,13-17H2,1H3,(H,25,30). The summed E-state index contributed by atoms with van der Waals surface area (Å²) in [5, 5.41) is 6.55. The highest BCUT2D eigenvalue weighted by molar-refractivity contribution is 5.88. The van der Waals surface area contributed by atoms with Gasteiger partial charge < -0.3 is 14.7 Å². The van der Waals surface area contributed by atoms with Crippen molar-refractivity contribution in [2.75, 3.05) is 20.1 Å². The van der Waals surface area contributed by atoms with E-state index in [4.69, 9.17) is 4.52 Å². The van der Waals surface area contributed by atoms with Gasteiger partial charge in [0, 0.05) is 32.7 Å². The molecule has 2 aromatic carbocycles. The van der Waals surface area contributed by atoms with E-state index in [1.807, 2.05) is 18.2 Å². The average molecular weight is 418 g/mol. The van der Waals surface area contributed by atoms with E-state index in [1.165, 1.54) is 5.56 Å². The Kier molecular flexibility index (Phi) is 6.43. The number of amides is 2. The van der Waals surface area contributed by atoms with Gasteiger partial charge in [0.05, 0.1) is 25.2 Å². The van der Waals surface area contributed by atoms with Gasteiger partial charge in [0.15, 0.2) is 5.76 Å². The third kappa shape index (κ3) is 5.19. The number of carbonyl (C=O) groups is 2. The molecule has 3 aromatic rings. The summed E-state index contributed by atoms with van der Waals surface area (Å²) >= 11 is 0. The molecule has 7 nitrogen and oxygen atoms in total. The van der Waals surface area contributed by atoms with Crippen molar-refractivity contribution in [1.82, 2.24) is 20.3 Å². The van der Waals surface area contributed by atoms with Crippen LogP contribution in [-0.2, 0) is 22.7 Å². The summed E-state index contributed by atoms with van der Waals surface area (Å²) in [6.45, 7) is 2.23. The van der Waals surface area contributed by atoms with Gasteiger partial charge in [0.1, 0.15) is 0 Å². The van der Waals surface area contributed by atoms with Crippen molar-refractivity contribution >= 4 is 11.8 Å². The molecule has 0 spiro atoms. The summed E-state index contributed by atoms with van der Waals surface area (Å²) < 4.78 is 5.07. The summed E-state index contributed by atoms with van der Waals surface area (Å²) in [7, 11) is 1.71. The van der Waals surface area contributed by atoms with E-state index in [0.717, 1.165) is 11.1 Å². The van der Waals surface area contributed by atoms with Gasteiger partial charge in [0.2, 0.25) is 11.8 Å². The molecule has 4 rings (SSSR count). The highest BCUT2D eigenvalue weighted by Gasteiger charge is 2.32. The fourth-order valence-corrected chi connectivity index (χ4v) is 3.81. The first-order chi connectivity index (χ1) is 15.1. The molecule has 1 unspecified atom stereocenters. The number of nitrogens with zero attached hydrogens (tertiary/aromatic N) is 3. The Morgan fingerprint density at radius 2 is 1.87 bits per heavy atom. The Balaban J connectivity index is 1.41. The molecule has 0 radical (unpaired) electrons. The van der Waals surface area contributed by atoms with Crippen molar-refractivity contribution in [3.05, 3.63) is 78.2 Å². The molecule has 2 amide bonds. The molecule has 1 aromatic heterocycles. The van der Waals surface area contributed by atoms with Crippen LogP contribution in [0.15, 0.2) is 71.4 Å². The van der Waals surface area contributed by atoms with E-state index < -0.39 is 6.04 Å². The Morgan fingerprint density at radius 3 is 2.58 bits per heavy atom. The lowest BCUT2D eigenvalue weighted by atomic mass is 10.0. The number of hydrogen-bond acceptors (Lipinski definition) is 5. The van der Waals surface area contributed by atoms with Crippen molar-refractivity contribution < 1.29 is 14.1 Å². The maximum atomic E-state index is 12.7. The lowest BCUT2D eigenvalue weighted by Crippen LogP contribution is -2.56. The average Bonchev–Trinajstić information content (AvgIpc) is 3.30. The molecule has 7 heteroatoms.